The lowest BCUT2D eigenvalue weighted by atomic mass is 10.1. The predicted octanol–water partition coefficient (Wildman–Crippen LogP) is 7.55. The Balaban J connectivity index is 2.17. The minimum Gasteiger partial charge on any atom is -0.483 e. The highest BCUT2D eigenvalue weighted by atomic mass is 79.9. The Morgan fingerprint density at radius 1 is 0.758 bits per heavy atom. The number of nitrogens with zero attached hydrogens (tertiary/aromatic N) is 2. The van der Waals surface area contributed by atoms with Gasteiger partial charge in [-0.15, -0.1) is 0 Å². The Morgan fingerprint density at radius 3 is 2.03 bits per heavy atom. The third-order valence-electron chi connectivity index (χ3n) is 4.07. The number of hydrogen-bond donors (Lipinski definition) is 0. The summed E-state index contributed by atoms with van der Waals surface area (Å²) in [6, 6.07) is 8.17. The molecular formula is C20H10BrF9N2O. The SMILES string of the molecule is FC(F)(F)COc1cc(-c2cc(C(F)(F)F)nc(-c3cccc(Br)c3)n2)ccc1C(F)(F)F. The van der Waals surface area contributed by atoms with Crippen LogP contribution < -0.4 is 4.74 Å². The first-order valence-corrected chi connectivity index (χ1v) is 9.56. The van der Waals surface area contributed by atoms with E-state index in [1.165, 1.54) is 18.2 Å². The summed E-state index contributed by atoms with van der Waals surface area (Å²) in [5.41, 5.74) is -3.53. The number of rotatable bonds is 4. The van der Waals surface area contributed by atoms with E-state index < -0.39 is 53.7 Å². The van der Waals surface area contributed by atoms with E-state index in [0.29, 0.717) is 22.7 Å². The van der Waals surface area contributed by atoms with Crippen molar-refractivity contribution in [2.75, 3.05) is 6.61 Å². The van der Waals surface area contributed by atoms with Gasteiger partial charge in [-0.3, -0.25) is 0 Å². The van der Waals surface area contributed by atoms with E-state index >= 15 is 0 Å². The number of halogens is 10. The van der Waals surface area contributed by atoms with Gasteiger partial charge in [0.25, 0.3) is 0 Å². The summed E-state index contributed by atoms with van der Waals surface area (Å²) in [6.45, 7) is -2.03. The standard InChI is InChI=1S/C20H10BrF9N2O/c21-12-3-1-2-11(6-12)17-31-14(8-16(32-17)20(28,29)30)10-4-5-13(19(25,26)27)15(7-10)33-9-18(22,23)24/h1-8H,9H2. The first-order valence-electron chi connectivity index (χ1n) is 8.77. The topological polar surface area (TPSA) is 35.0 Å². The van der Waals surface area contributed by atoms with E-state index in [-0.39, 0.29) is 11.1 Å². The third kappa shape index (κ3) is 6.36. The maximum absolute atomic E-state index is 13.4. The molecule has 0 fully saturated rings. The molecule has 0 saturated carbocycles. The number of ether oxygens (including phenoxy) is 1. The largest absolute Gasteiger partial charge is 0.483 e. The molecule has 3 nitrogen and oxygen atoms in total. The molecular weight excluding hydrogens is 535 g/mol. The van der Waals surface area contributed by atoms with Crippen molar-refractivity contribution in [1.29, 1.82) is 0 Å². The average Bonchev–Trinajstić information content (AvgIpc) is 2.70. The lowest BCUT2D eigenvalue weighted by Gasteiger charge is -2.17. The van der Waals surface area contributed by atoms with Crippen LogP contribution in [0.1, 0.15) is 11.3 Å². The molecule has 0 atom stereocenters. The second kappa shape index (κ2) is 8.84. The van der Waals surface area contributed by atoms with E-state index in [9.17, 15) is 39.5 Å². The average molecular weight is 545 g/mol. The summed E-state index contributed by atoms with van der Waals surface area (Å²) >= 11 is 3.16. The molecule has 0 aliphatic rings. The monoisotopic (exact) mass is 544 g/mol. The molecule has 2 aromatic carbocycles. The van der Waals surface area contributed by atoms with E-state index in [2.05, 4.69) is 30.6 Å². The van der Waals surface area contributed by atoms with Crippen molar-refractivity contribution in [1.82, 2.24) is 9.97 Å². The van der Waals surface area contributed by atoms with Crippen LogP contribution >= 0.6 is 15.9 Å². The summed E-state index contributed by atoms with van der Waals surface area (Å²) < 4.78 is 122. The first kappa shape index (κ1) is 24.8. The molecule has 0 radical (unpaired) electrons. The molecule has 0 aliphatic carbocycles. The van der Waals surface area contributed by atoms with Gasteiger partial charge < -0.3 is 4.74 Å². The van der Waals surface area contributed by atoms with Gasteiger partial charge in [-0.2, -0.15) is 39.5 Å². The zero-order valence-corrected chi connectivity index (χ0v) is 17.5. The fourth-order valence-electron chi connectivity index (χ4n) is 2.69. The highest BCUT2D eigenvalue weighted by Crippen LogP contribution is 2.40. The van der Waals surface area contributed by atoms with Crippen molar-refractivity contribution in [2.45, 2.75) is 18.5 Å². The number of hydrogen-bond acceptors (Lipinski definition) is 3. The highest BCUT2D eigenvalue weighted by Gasteiger charge is 2.37. The Morgan fingerprint density at radius 2 is 1.45 bits per heavy atom. The number of alkyl halides is 9. The molecule has 0 amide bonds. The van der Waals surface area contributed by atoms with Crippen molar-refractivity contribution >= 4 is 15.9 Å². The molecule has 176 valence electrons. The maximum Gasteiger partial charge on any atom is 0.433 e. The van der Waals surface area contributed by atoms with Crippen LogP contribution in [0.5, 0.6) is 5.75 Å². The fourth-order valence-corrected chi connectivity index (χ4v) is 3.09. The maximum atomic E-state index is 13.4. The minimum atomic E-state index is -5.07. The van der Waals surface area contributed by atoms with Gasteiger partial charge in [0, 0.05) is 15.6 Å². The van der Waals surface area contributed by atoms with Crippen molar-refractivity contribution in [3.8, 4) is 28.4 Å². The molecule has 0 saturated heterocycles. The van der Waals surface area contributed by atoms with Crippen molar-refractivity contribution in [2.24, 2.45) is 0 Å². The van der Waals surface area contributed by atoms with Crippen LogP contribution in [0, 0.1) is 0 Å². The summed E-state index contributed by atoms with van der Waals surface area (Å²) in [6.07, 6.45) is -14.9. The van der Waals surface area contributed by atoms with E-state index in [4.69, 9.17) is 0 Å². The molecule has 3 rings (SSSR count). The highest BCUT2D eigenvalue weighted by molar-refractivity contribution is 9.10. The lowest BCUT2D eigenvalue weighted by molar-refractivity contribution is -0.158. The number of aromatic nitrogens is 2. The van der Waals surface area contributed by atoms with Crippen LogP contribution in [-0.4, -0.2) is 22.8 Å². The molecule has 0 spiro atoms. The number of benzene rings is 2. The van der Waals surface area contributed by atoms with Crippen molar-refractivity contribution < 1.29 is 44.3 Å². The Hall–Kier alpha value is -2.83. The van der Waals surface area contributed by atoms with Crippen LogP contribution in [0.15, 0.2) is 53.0 Å². The summed E-state index contributed by atoms with van der Waals surface area (Å²) in [7, 11) is 0. The predicted molar refractivity (Wildman–Crippen MR) is 102 cm³/mol. The quantitative estimate of drug-likeness (QED) is 0.318. The van der Waals surface area contributed by atoms with Crippen LogP contribution in [0.25, 0.3) is 22.6 Å². The molecule has 1 heterocycles. The molecule has 0 bridgehead atoms. The summed E-state index contributed by atoms with van der Waals surface area (Å²) in [5.74, 6) is -1.59. The molecule has 1 aromatic heterocycles. The Kier molecular flexibility index (Phi) is 6.65. The van der Waals surface area contributed by atoms with E-state index in [0.717, 1.165) is 6.07 Å². The van der Waals surface area contributed by atoms with Crippen LogP contribution in [0.4, 0.5) is 39.5 Å². The second-order valence-electron chi connectivity index (χ2n) is 6.58. The van der Waals surface area contributed by atoms with Crippen LogP contribution in [0.3, 0.4) is 0 Å². The molecule has 0 unspecified atom stereocenters. The first-order chi connectivity index (χ1) is 15.1. The van der Waals surface area contributed by atoms with Crippen LogP contribution in [0.2, 0.25) is 0 Å². The second-order valence-corrected chi connectivity index (χ2v) is 7.50. The zero-order chi connectivity index (χ0) is 24.6. The van der Waals surface area contributed by atoms with Gasteiger partial charge in [-0.25, -0.2) is 9.97 Å². The van der Waals surface area contributed by atoms with Gasteiger partial charge in [0.1, 0.15) is 11.4 Å². The summed E-state index contributed by atoms with van der Waals surface area (Å²) in [4.78, 5) is 7.45. The van der Waals surface area contributed by atoms with Crippen molar-refractivity contribution in [3.05, 3.63) is 64.3 Å². The normalized spacial score (nSPS) is 12.7. The minimum absolute atomic E-state index is 0.164. The van der Waals surface area contributed by atoms with Gasteiger partial charge in [-0.1, -0.05) is 34.1 Å². The molecule has 0 aliphatic heterocycles. The Labute approximate surface area is 188 Å². The van der Waals surface area contributed by atoms with E-state index in [1.54, 1.807) is 6.07 Å². The lowest BCUT2D eigenvalue weighted by Crippen LogP contribution is -2.21. The van der Waals surface area contributed by atoms with Gasteiger partial charge in [0.05, 0.1) is 11.3 Å². The van der Waals surface area contributed by atoms with Crippen molar-refractivity contribution in [3.63, 3.8) is 0 Å². The van der Waals surface area contributed by atoms with E-state index in [1.807, 2.05) is 0 Å². The third-order valence-corrected chi connectivity index (χ3v) is 4.57. The fraction of sp³-hybridized carbons (Fsp3) is 0.200. The Bertz CT molecular complexity index is 1160. The molecule has 33 heavy (non-hydrogen) atoms. The van der Waals surface area contributed by atoms with Gasteiger partial charge in [-0.05, 0) is 30.3 Å². The molecule has 3 aromatic rings. The smallest absolute Gasteiger partial charge is 0.433 e. The van der Waals surface area contributed by atoms with Crippen LogP contribution in [-0.2, 0) is 12.4 Å². The molecule has 0 N–H and O–H groups in total. The van der Waals surface area contributed by atoms with Gasteiger partial charge in [0.15, 0.2) is 12.4 Å². The molecule has 13 heteroatoms. The zero-order valence-electron chi connectivity index (χ0n) is 15.9. The van der Waals surface area contributed by atoms with Gasteiger partial charge in [0.2, 0.25) is 0 Å². The summed E-state index contributed by atoms with van der Waals surface area (Å²) in [5, 5.41) is 0. The van der Waals surface area contributed by atoms with Gasteiger partial charge >= 0.3 is 18.5 Å².